The van der Waals surface area contributed by atoms with Crippen LogP contribution in [0, 0.1) is 13.8 Å². The fourth-order valence-electron chi connectivity index (χ4n) is 3.15. The average Bonchev–Trinajstić information content (AvgIpc) is 3.14. The minimum Gasteiger partial charge on any atom is -0.309 e. The van der Waals surface area contributed by atoms with Crippen LogP contribution in [0.15, 0.2) is 59.8 Å². The molecule has 6 nitrogen and oxygen atoms in total. The van der Waals surface area contributed by atoms with E-state index in [0.717, 1.165) is 39.3 Å². The van der Waals surface area contributed by atoms with Crippen molar-refractivity contribution in [1.82, 2.24) is 24.7 Å². The molecule has 0 saturated heterocycles. The van der Waals surface area contributed by atoms with Crippen LogP contribution in [0.1, 0.15) is 23.9 Å². The quantitative estimate of drug-likeness (QED) is 0.345. The number of hydrogen-bond donors (Lipinski definition) is 1. The molecule has 0 aliphatic rings. The molecule has 0 radical (unpaired) electrons. The molecule has 31 heavy (non-hydrogen) atoms. The maximum atomic E-state index is 6.28. The van der Waals surface area contributed by atoms with Crippen LogP contribution in [0.5, 0.6) is 0 Å². The molecule has 1 N–H and O–H groups in total. The van der Waals surface area contributed by atoms with Crippen molar-refractivity contribution in [2.45, 2.75) is 38.2 Å². The fraction of sp³-hybridized carbons (Fsp3) is 0.217. The van der Waals surface area contributed by atoms with Gasteiger partial charge in [-0.15, -0.1) is 10.2 Å². The molecule has 2 heterocycles. The van der Waals surface area contributed by atoms with Gasteiger partial charge in [0, 0.05) is 29.0 Å². The highest BCUT2D eigenvalue weighted by Gasteiger charge is 2.14. The summed E-state index contributed by atoms with van der Waals surface area (Å²) in [5, 5.41) is 13.6. The molecule has 0 amide bonds. The third-order valence-corrected chi connectivity index (χ3v) is 6.16. The lowest BCUT2D eigenvalue weighted by atomic mass is 10.1. The SMILES string of the molecule is CCn1c(Nc2cc(-c3ccc(C)cc3)nc(C)n2)nnc1SCc1ccccc1Cl. The molecule has 0 fully saturated rings. The lowest BCUT2D eigenvalue weighted by Crippen LogP contribution is -2.06. The summed E-state index contributed by atoms with van der Waals surface area (Å²) in [6.45, 7) is 6.76. The van der Waals surface area contributed by atoms with E-state index in [4.69, 9.17) is 11.6 Å². The zero-order valence-corrected chi connectivity index (χ0v) is 19.2. The number of aromatic nitrogens is 5. The van der Waals surface area contributed by atoms with E-state index in [1.807, 2.05) is 41.8 Å². The molecule has 4 rings (SSSR count). The predicted molar refractivity (Wildman–Crippen MR) is 127 cm³/mol. The molecule has 0 atom stereocenters. The summed E-state index contributed by atoms with van der Waals surface area (Å²) in [7, 11) is 0. The van der Waals surface area contributed by atoms with E-state index >= 15 is 0 Å². The second-order valence-electron chi connectivity index (χ2n) is 7.11. The Bertz CT molecular complexity index is 1190. The van der Waals surface area contributed by atoms with E-state index < -0.39 is 0 Å². The van der Waals surface area contributed by atoms with Crippen LogP contribution in [0.2, 0.25) is 5.02 Å². The topological polar surface area (TPSA) is 68.5 Å². The first-order chi connectivity index (χ1) is 15.0. The van der Waals surface area contributed by atoms with Crippen molar-refractivity contribution in [3.8, 4) is 11.3 Å². The van der Waals surface area contributed by atoms with Gasteiger partial charge in [-0.1, -0.05) is 71.4 Å². The lowest BCUT2D eigenvalue weighted by Gasteiger charge is -2.11. The van der Waals surface area contributed by atoms with Crippen molar-refractivity contribution in [2.24, 2.45) is 0 Å². The van der Waals surface area contributed by atoms with E-state index in [1.54, 1.807) is 11.8 Å². The lowest BCUT2D eigenvalue weighted by molar-refractivity contribution is 0.688. The highest BCUT2D eigenvalue weighted by molar-refractivity contribution is 7.98. The average molecular weight is 451 g/mol. The fourth-order valence-corrected chi connectivity index (χ4v) is 4.44. The molecule has 0 aliphatic heterocycles. The summed E-state index contributed by atoms with van der Waals surface area (Å²) in [5.74, 6) is 2.75. The van der Waals surface area contributed by atoms with Gasteiger partial charge in [-0.3, -0.25) is 4.57 Å². The van der Waals surface area contributed by atoms with Crippen LogP contribution in [0.3, 0.4) is 0 Å². The first-order valence-corrected chi connectivity index (χ1v) is 11.4. The number of benzene rings is 2. The van der Waals surface area contributed by atoms with Crippen LogP contribution in [0.4, 0.5) is 11.8 Å². The Hall–Kier alpha value is -2.90. The van der Waals surface area contributed by atoms with Gasteiger partial charge in [0.25, 0.3) is 0 Å². The van der Waals surface area contributed by atoms with Gasteiger partial charge in [0.15, 0.2) is 5.16 Å². The Morgan fingerprint density at radius 2 is 1.77 bits per heavy atom. The largest absolute Gasteiger partial charge is 0.309 e. The summed E-state index contributed by atoms with van der Waals surface area (Å²) < 4.78 is 2.03. The van der Waals surface area contributed by atoms with Crippen LogP contribution in [-0.2, 0) is 12.3 Å². The van der Waals surface area contributed by atoms with Gasteiger partial charge >= 0.3 is 0 Å². The molecule has 0 aliphatic carbocycles. The monoisotopic (exact) mass is 450 g/mol. The number of nitrogens with zero attached hydrogens (tertiary/aromatic N) is 5. The maximum Gasteiger partial charge on any atom is 0.230 e. The number of nitrogens with one attached hydrogen (secondary N) is 1. The van der Waals surface area contributed by atoms with Crippen molar-refractivity contribution in [1.29, 1.82) is 0 Å². The third kappa shape index (κ3) is 5.06. The smallest absolute Gasteiger partial charge is 0.230 e. The summed E-state index contributed by atoms with van der Waals surface area (Å²) in [5.41, 5.74) is 4.20. The zero-order chi connectivity index (χ0) is 21.8. The van der Waals surface area contributed by atoms with Crippen molar-refractivity contribution in [3.05, 3.63) is 76.6 Å². The molecule has 0 unspecified atom stereocenters. The van der Waals surface area contributed by atoms with Gasteiger partial charge in [-0.05, 0) is 32.4 Å². The number of rotatable bonds is 7. The minimum absolute atomic E-state index is 0.650. The molecular weight excluding hydrogens is 428 g/mol. The van der Waals surface area contributed by atoms with Gasteiger partial charge in [0.2, 0.25) is 5.95 Å². The molecule has 2 aromatic heterocycles. The third-order valence-electron chi connectivity index (χ3n) is 4.77. The maximum absolute atomic E-state index is 6.28. The summed E-state index contributed by atoms with van der Waals surface area (Å²) in [4.78, 5) is 9.12. The first kappa shape index (κ1) is 21.3. The molecule has 0 spiro atoms. The highest BCUT2D eigenvalue weighted by Crippen LogP contribution is 2.28. The molecule has 4 aromatic rings. The Morgan fingerprint density at radius 3 is 2.52 bits per heavy atom. The van der Waals surface area contributed by atoms with Crippen molar-refractivity contribution in [3.63, 3.8) is 0 Å². The van der Waals surface area contributed by atoms with Gasteiger partial charge in [-0.2, -0.15) is 0 Å². The van der Waals surface area contributed by atoms with Crippen LogP contribution >= 0.6 is 23.4 Å². The standard InChI is InChI=1S/C23H23ClN6S/c1-4-30-22(28-29-23(30)31-14-18-7-5-6-8-19(18)24)27-21-13-20(25-16(3)26-21)17-11-9-15(2)10-12-17/h5-13H,4,14H2,1-3H3,(H,25,26,27,28). The first-order valence-electron chi connectivity index (χ1n) is 10.0. The molecule has 158 valence electrons. The van der Waals surface area contributed by atoms with E-state index in [9.17, 15) is 0 Å². The minimum atomic E-state index is 0.650. The Morgan fingerprint density at radius 1 is 1.00 bits per heavy atom. The molecule has 8 heteroatoms. The molecule has 0 bridgehead atoms. The molecule has 0 saturated carbocycles. The summed E-state index contributed by atoms with van der Waals surface area (Å²) >= 11 is 7.89. The van der Waals surface area contributed by atoms with E-state index in [1.165, 1.54) is 5.56 Å². The summed E-state index contributed by atoms with van der Waals surface area (Å²) in [6.07, 6.45) is 0. The second kappa shape index (κ2) is 9.49. The van der Waals surface area contributed by atoms with E-state index in [2.05, 4.69) is 63.6 Å². The normalized spacial score (nSPS) is 11.0. The van der Waals surface area contributed by atoms with Crippen LogP contribution in [0.25, 0.3) is 11.3 Å². The van der Waals surface area contributed by atoms with Crippen LogP contribution in [-0.4, -0.2) is 24.7 Å². The van der Waals surface area contributed by atoms with Gasteiger partial charge in [0.05, 0.1) is 5.69 Å². The summed E-state index contributed by atoms with van der Waals surface area (Å²) in [6, 6.07) is 18.1. The predicted octanol–water partition coefficient (Wildman–Crippen LogP) is 6.06. The van der Waals surface area contributed by atoms with Crippen molar-refractivity contribution < 1.29 is 0 Å². The van der Waals surface area contributed by atoms with Crippen LogP contribution < -0.4 is 5.32 Å². The number of aryl methyl sites for hydroxylation is 2. The number of thioether (sulfide) groups is 1. The Labute approximate surface area is 191 Å². The molecular formula is C23H23ClN6S. The zero-order valence-electron chi connectivity index (χ0n) is 17.6. The number of halogens is 1. The van der Waals surface area contributed by atoms with Gasteiger partial charge < -0.3 is 5.32 Å². The number of anilines is 2. The van der Waals surface area contributed by atoms with Gasteiger partial charge in [0.1, 0.15) is 11.6 Å². The van der Waals surface area contributed by atoms with Gasteiger partial charge in [-0.25, -0.2) is 9.97 Å². The number of hydrogen-bond acceptors (Lipinski definition) is 6. The van der Waals surface area contributed by atoms with Crippen molar-refractivity contribution >= 4 is 35.1 Å². The Balaban J connectivity index is 1.55. The highest BCUT2D eigenvalue weighted by atomic mass is 35.5. The van der Waals surface area contributed by atoms with E-state index in [-0.39, 0.29) is 0 Å². The Kier molecular flexibility index (Phi) is 6.53. The van der Waals surface area contributed by atoms with E-state index in [0.29, 0.717) is 17.6 Å². The molecule has 2 aromatic carbocycles. The van der Waals surface area contributed by atoms with Crippen molar-refractivity contribution in [2.75, 3.05) is 5.32 Å². The second-order valence-corrected chi connectivity index (χ2v) is 8.46.